The van der Waals surface area contributed by atoms with Gasteiger partial charge in [0.05, 0.1) is 5.56 Å². The van der Waals surface area contributed by atoms with Crippen molar-refractivity contribution < 1.29 is 54.2 Å². The molecule has 0 unspecified atom stereocenters. The highest BCUT2D eigenvalue weighted by molar-refractivity contribution is 5.89. The Bertz CT molecular complexity index is 625. The molecule has 0 amide bonds. The molecular weight excluding hydrogens is 375 g/mol. The number of benzene rings is 1. The molecule has 0 fully saturated rings. The lowest BCUT2D eigenvalue weighted by Crippen LogP contribution is -2.45. The topological polar surface area (TPSA) is 49.4 Å². The molecule has 0 aliphatic carbocycles. The van der Waals surface area contributed by atoms with Crippen molar-refractivity contribution in [2.75, 3.05) is 0 Å². The van der Waals surface area contributed by atoms with Gasteiger partial charge in [-0.3, -0.25) is 0 Å². The van der Waals surface area contributed by atoms with Crippen molar-refractivity contribution in [2.24, 2.45) is 0 Å². The van der Waals surface area contributed by atoms with Crippen molar-refractivity contribution in [1.82, 2.24) is 0 Å². The smallest absolute Gasteiger partial charge is 0.434 e. The molecule has 0 spiro atoms. The Morgan fingerprint density at radius 2 is 1.36 bits per heavy atom. The lowest BCUT2D eigenvalue weighted by molar-refractivity contribution is -0.312. The molecule has 0 radical (unpaired) electrons. The van der Waals surface area contributed by atoms with E-state index in [2.05, 4.69) is 4.74 Å². The summed E-state index contributed by atoms with van der Waals surface area (Å²) in [4.78, 5) is 11.1. The van der Waals surface area contributed by atoms with Crippen LogP contribution in [0.1, 0.15) is 11.1 Å². The van der Waals surface area contributed by atoms with E-state index in [9.17, 15) is 49.4 Å². The number of halogens is 9. The van der Waals surface area contributed by atoms with Gasteiger partial charge in [0.1, 0.15) is 0 Å². The standard InChI is InChI=1S/C13H7F9O3/c14-11(15,16)7-3-1-6(2-4-7)8(23)5-9(24)25-10(12(17,18)19)13(20,21)22/h1-5,10,23H/p-1/b8-5-. The molecule has 0 N–H and O–H groups in total. The van der Waals surface area contributed by atoms with Gasteiger partial charge in [0, 0.05) is 6.08 Å². The molecule has 140 valence electrons. The van der Waals surface area contributed by atoms with Crippen LogP contribution in [0.15, 0.2) is 30.3 Å². The zero-order valence-electron chi connectivity index (χ0n) is 11.6. The summed E-state index contributed by atoms with van der Waals surface area (Å²) in [6, 6.07) is 2.08. The van der Waals surface area contributed by atoms with Crippen molar-refractivity contribution >= 4 is 11.7 Å². The molecule has 0 atom stereocenters. The van der Waals surface area contributed by atoms with Crippen LogP contribution in [0.5, 0.6) is 0 Å². The number of hydrogen-bond donors (Lipinski definition) is 0. The molecule has 0 saturated heterocycles. The Kier molecular flexibility index (Phi) is 5.65. The average molecular weight is 381 g/mol. The summed E-state index contributed by atoms with van der Waals surface area (Å²) in [5.74, 6) is -3.67. The van der Waals surface area contributed by atoms with Crippen LogP contribution in [0, 0.1) is 0 Å². The predicted molar refractivity (Wildman–Crippen MR) is 61.4 cm³/mol. The summed E-state index contributed by atoms with van der Waals surface area (Å²) in [5.41, 5.74) is -1.72. The van der Waals surface area contributed by atoms with Gasteiger partial charge >= 0.3 is 24.5 Å². The molecule has 1 rings (SSSR count). The van der Waals surface area contributed by atoms with Crippen LogP contribution >= 0.6 is 0 Å². The second-order valence-corrected chi connectivity index (χ2v) is 4.48. The van der Waals surface area contributed by atoms with Gasteiger partial charge in [0.25, 0.3) is 6.10 Å². The fourth-order valence-electron chi connectivity index (χ4n) is 1.48. The Balaban J connectivity index is 2.96. The fraction of sp³-hybridized carbons (Fsp3) is 0.308. The summed E-state index contributed by atoms with van der Waals surface area (Å²) in [6.07, 6.45) is -21.3. The Morgan fingerprint density at radius 1 is 0.920 bits per heavy atom. The van der Waals surface area contributed by atoms with Crippen molar-refractivity contribution in [1.29, 1.82) is 0 Å². The van der Waals surface area contributed by atoms with E-state index in [1.807, 2.05) is 0 Å². The first kappa shape index (κ1) is 20.6. The van der Waals surface area contributed by atoms with Gasteiger partial charge < -0.3 is 9.84 Å². The third kappa shape index (κ3) is 5.87. The molecule has 0 heterocycles. The second kappa shape index (κ2) is 6.84. The van der Waals surface area contributed by atoms with Crippen molar-refractivity contribution in [2.45, 2.75) is 24.6 Å². The van der Waals surface area contributed by atoms with Crippen molar-refractivity contribution in [3.05, 3.63) is 41.5 Å². The van der Waals surface area contributed by atoms with Gasteiger partial charge in [-0.15, -0.1) is 0 Å². The van der Waals surface area contributed by atoms with Crippen LogP contribution in [0.2, 0.25) is 0 Å². The van der Waals surface area contributed by atoms with Gasteiger partial charge in [-0.2, -0.15) is 39.5 Å². The van der Waals surface area contributed by atoms with Crippen LogP contribution in [-0.2, 0) is 15.7 Å². The first-order valence-electron chi connectivity index (χ1n) is 6.02. The third-order valence-electron chi connectivity index (χ3n) is 2.57. The minimum Gasteiger partial charge on any atom is -0.872 e. The SMILES string of the molecule is O=C(/C=C(\[O-])c1ccc(C(F)(F)F)cc1)OC(C(F)(F)F)C(F)(F)F. The van der Waals surface area contributed by atoms with Crippen LogP contribution in [0.3, 0.4) is 0 Å². The van der Waals surface area contributed by atoms with Gasteiger partial charge in [-0.1, -0.05) is 17.9 Å². The van der Waals surface area contributed by atoms with Crippen molar-refractivity contribution in [3.63, 3.8) is 0 Å². The molecule has 0 saturated carbocycles. The number of ether oxygens (including phenoxy) is 1. The summed E-state index contributed by atoms with van der Waals surface area (Å²) in [5, 5.41) is 11.5. The highest BCUT2D eigenvalue weighted by atomic mass is 19.4. The highest BCUT2D eigenvalue weighted by Crippen LogP contribution is 2.36. The normalized spacial score (nSPS) is 13.9. The Hall–Kier alpha value is -2.40. The van der Waals surface area contributed by atoms with Gasteiger partial charge in [0.15, 0.2) is 0 Å². The molecule has 0 aliphatic heterocycles. The van der Waals surface area contributed by atoms with Crippen LogP contribution in [0.25, 0.3) is 5.76 Å². The van der Waals surface area contributed by atoms with Gasteiger partial charge in [-0.05, 0) is 17.7 Å². The van der Waals surface area contributed by atoms with Crippen LogP contribution in [0.4, 0.5) is 39.5 Å². The van der Waals surface area contributed by atoms with Crippen LogP contribution < -0.4 is 5.11 Å². The minimum atomic E-state index is -5.96. The van der Waals surface area contributed by atoms with Gasteiger partial charge in [0.2, 0.25) is 0 Å². The minimum absolute atomic E-state index is 0.229. The zero-order chi connectivity index (χ0) is 19.6. The Morgan fingerprint density at radius 3 is 1.72 bits per heavy atom. The molecule has 3 nitrogen and oxygen atoms in total. The van der Waals surface area contributed by atoms with E-state index in [-0.39, 0.29) is 6.08 Å². The fourth-order valence-corrected chi connectivity index (χ4v) is 1.48. The van der Waals surface area contributed by atoms with E-state index in [0.717, 1.165) is 0 Å². The molecule has 1 aromatic rings. The molecule has 12 heteroatoms. The second-order valence-electron chi connectivity index (χ2n) is 4.48. The number of alkyl halides is 9. The summed E-state index contributed by atoms with van der Waals surface area (Å²) < 4.78 is 113. The molecular formula is C13H6F9O3-. The molecule has 25 heavy (non-hydrogen) atoms. The maximum absolute atomic E-state index is 12.3. The largest absolute Gasteiger partial charge is 0.872 e. The summed E-state index contributed by atoms with van der Waals surface area (Å²) >= 11 is 0. The highest BCUT2D eigenvalue weighted by Gasteiger charge is 2.59. The number of esters is 1. The molecule has 1 aromatic carbocycles. The first-order valence-corrected chi connectivity index (χ1v) is 6.02. The average Bonchev–Trinajstić information content (AvgIpc) is 2.41. The molecule has 0 aromatic heterocycles. The first-order chi connectivity index (χ1) is 11.1. The van der Waals surface area contributed by atoms with Gasteiger partial charge in [-0.25, -0.2) is 4.79 Å². The van der Waals surface area contributed by atoms with E-state index < -0.39 is 47.5 Å². The monoisotopic (exact) mass is 381 g/mol. The third-order valence-corrected chi connectivity index (χ3v) is 2.57. The zero-order valence-corrected chi connectivity index (χ0v) is 11.6. The maximum atomic E-state index is 12.3. The lowest BCUT2D eigenvalue weighted by Gasteiger charge is -2.22. The number of carbonyl (C=O) groups excluding carboxylic acids is 1. The molecule has 0 bridgehead atoms. The van der Waals surface area contributed by atoms with E-state index in [4.69, 9.17) is 0 Å². The van der Waals surface area contributed by atoms with Crippen molar-refractivity contribution in [3.8, 4) is 0 Å². The predicted octanol–water partition coefficient (Wildman–Crippen LogP) is 3.44. The maximum Gasteiger partial charge on any atom is 0.434 e. The number of carbonyl (C=O) groups is 1. The summed E-state index contributed by atoms with van der Waals surface area (Å²) in [7, 11) is 0. The van der Waals surface area contributed by atoms with E-state index in [0.29, 0.717) is 24.3 Å². The number of rotatable bonds is 3. The van der Waals surface area contributed by atoms with E-state index in [1.54, 1.807) is 0 Å². The lowest BCUT2D eigenvalue weighted by atomic mass is 10.1. The molecule has 0 aliphatic rings. The summed E-state index contributed by atoms with van der Waals surface area (Å²) in [6.45, 7) is 0. The van der Waals surface area contributed by atoms with Crippen LogP contribution in [-0.4, -0.2) is 24.4 Å². The van der Waals surface area contributed by atoms with E-state index in [1.165, 1.54) is 0 Å². The quantitative estimate of drug-likeness (QED) is 0.349. The Labute approximate surface area is 133 Å². The number of hydrogen-bond acceptors (Lipinski definition) is 3. The van der Waals surface area contributed by atoms with E-state index >= 15 is 0 Å².